The van der Waals surface area contributed by atoms with Crippen LogP contribution in [0.25, 0.3) is 6.08 Å². The zero-order chi connectivity index (χ0) is 12.7. The maximum absolute atomic E-state index is 11.2. The van der Waals surface area contributed by atoms with E-state index in [4.69, 9.17) is 9.47 Å². The third kappa shape index (κ3) is 3.75. The van der Waals surface area contributed by atoms with Crippen LogP contribution in [0, 0.1) is 0 Å². The highest BCUT2D eigenvalue weighted by molar-refractivity contribution is 5.88. The lowest BCUT2D eigenvalue weighted by molar-refractivity contribution is -0.137. The molecule has 1 aromatic carbocycles. The summed E-state index contributed by atoms with van der Waals surface area (Å²) in [4.78, 5) is 21.8. The molecule has 90 valence electrons. The van der Waals surface area contributed by atoms with Crippen LogP contribution in [0.5, 0.6) is 5.75 Å². The Hall–Kier alpha value is -2.10. The van der Waals surface area contributed by atoms with Crippen LogP contribution in [0.4, 0.5) is 0 Å². The van der Waals surface area contributed by atoms with Crippen LogP contribution in [0.3, 0.4) is 0 Å². The van der Waals surface area contributed by atoms with Gasteiger partial charge >= 0.3 is 5.97 Å². The second-order valence-corrected chi connectivity index (χ2v) is 3.20. The maximum atomic E-state index is 11.2. The molecule has 0 fully saturated rings. The van der Waals surface area contributed by atoms with Gasteiger partial charge in [0.15, 0.2) is 0 Å². The van der Waals surface area contributed by atoms with Crippen LogP contribution in [0.2, 0.25) is 0 Å². The van der Waals surface area contributed by atoms with E-state index >= 15 is 0 Å². The molecule has 1 rings (SSSR count). The largest absolute Gasteiger partial charge is 0.496 e. The lowest BCUT2D eigenvalue weighted by atomic mass is 10.1. The fraction of sp³-hybridized carbons (Fsp3) is 0.231. The minimum atomic E-state index is -0.425. The lowest BCUT2D eigenvalue weighted by Gasteiger charge is -2.04. The van der Waals surface area contributed by atoms with Crippen molar-refractivity contribution < 1.29 is 19.1 Å². The summed E-state index contributed by atoms with van der Waals surface area (Å²) in [5.74, 6) is 0.169. The van der Waals surface area contributed by atoms with Crippen LogP contribution in [-0.4, -0.2) is 26.0 Å². The summed E-state index contributed by atoms with van der Waals surface area (Å²) in [5, 5.41) is 0. The van der Waals surface area contributed by atoms with Crippen molar-refractivity contribution in [2.24, 2.45) is 0 Å². The van der Waals surface area contributed by atoms with Crippen molar-refractivity contribution in [1.29, 1.82) is 0 Å². The number of ether oxygens (including phenoxy) is 2. The molecule has 0 radical (unpaired) electrons. The lowest BCUT2D eigenvalue weighted by Crippen LogP contribution is -1.99. The van der Waals surface area contributed by atoms with Gasteiger partial charge < -0.3 is 9.47 Å². The van der Waals surface area contributed by atoms with E-state index in [0.717, 1.165) is 6.29 Å². The summed E-state index contributed by atoms with van der Waals surface area (Å²) in [7, 11) is 1.53. The van der Waals surface area contributed by atoms with E-state index in [0.29, 0.717) is 23.5 Å². The van der Waals surface area contributed by atoms with Crippen molar-refractivity contribution in [3.8, 4) is 5.75 Å². The second-order valence-electron chi connectivity index (χ2n) is 3.20. The van der Waals surface area contributed by atoms with Gasteiger partial charge in [-0.25, -0.2) is 4.79 Å². The Morgan fingerprint density at radius 2 is 2.18 bits per heavy atom. The predicted octanol–water partition coefficient (Wildman–Crippen LogP) is 2.08. The van der Waals surface area contributed by atoms with Gasteiger partial charge in [-0.3, -0.25) is 4.79 Å². The van der Waals surface area contributed by atoms with E-state index in [9.17, 15) is 9.59 Å². The topological polar surface area (TPSA) is 52.6 Å². The average molecular weight is 234 g/mol. The van der Waals surface area contributed by atoms with Gasteiger partial charge in [-0.2, -0.15) is 0 Å². The van der Waals surface area contributed by atoms with Gasteiger partial charge in [-0.1, -0.05) is 0 Å². The average Bonchev–Trinajstić information content (AvgIpc) is 2.36. The number of hydrogen-bond acceptors (Lipinski definition) is 4. The molecule has 0 aliphatic rings. The van der Waals surface area contributed by atoms with Crippen LogP contribution >= 0.6 is 0 Å². The Balaban J connectivity index is 2.94. The van der Waals surface area contributed by atoms with Crippen LogP contribution < -0.4 is 4.74 Å². The summed E-state index contributed by atoms with van der Waals surface area (Å²) in [6, 6.07) is 4.96. The molecule has 0 aromatic heterocycles. The van der Waals surface area contributed by atoms with Crippen molar-refractivity contribution in [2.75, 3.05) is 13.7 Å². The van der Waals surface area contributed by atoms with E-state index in [2.05, 4.69) is 0 Å². The predicted molar refractivity (Wildman–Crippen MR) is 64.0 cm³/mol. The standard InChI is InChI=1S/C13H14O4/c1-3-17-13(15)7-5-11-8-10(9-14)4-6-12(11)16-2/h4-9H,3H2,1-2H3. The molecule has 0 spiro atoms. The number of carbonyl (C=O) groups is 2. The molecule has 0 atom stereocenters. The van der Waals surface area contributed by atoms with Gasteiger partial charge in [0.05, 0.1) is 13.7 Å². The zero-order valence-corrected chi connectivity index (χ0v) is 9.80. The van der Waals surface area contributed by atoms with Crippen LogP contribution in [-0.2, 0) is 9.53 Å². The molecule has 0 aliphatic heterocycles. The molecule has 4 heteroatoms. The third-order valence-corrected chi connectivity index (χ3v) is 2.08. The Bertz CT molecular complexity index is 435. The van der Waals surface area contributed by atoms with E-state index in [1.54, 1.807) is 31.2 Å². The molecule has 17 heavy (non-hydrogen) atoms. The van der Waals surface area contributed by atoms with Crippen LogP contribution in [0.15, 0.2) is 24.3 Å². The highest BCUT2D eigenvalue weighted by Gasteiger charge is 2.02. The normalized spacial score (nSPS) is 10.2. The Kier molecular flexibility index (Phi) is 4.94. The van der Waals surface area contributed by atoms with Crippen molar-refractivity contribution >= 4 is 18.3 Å². The highest BCUT2D eigenvalue weighted by atomic mass is 16.5. The summed E-state index contributed by atoms with van der Waals surface area (Å²) in [5.41, 5.74) is 1.18. The number of carbonyl (C=O) groups excluding carboxylic acids is 2. The number of methoxy groups -OCH3 is 1. The van der Waals surface area contributed by atoms with E-state index < -0.39 is 5.97 Å². The summed E-state index contributed by atoms with van der Waals surface area (Å²) < 4.78 is 9.88. The van der Waals surface area contributed by atoms with E-state index in [-0.39, 0.29) is 0 Å². The number of esters is 1. The van der Waals surface area contributed by atoms with E-state index in [1.807, 2.05) is 0 Å². The quantitative estimate of drug-likeness (QED) is 0.444. The fourth-order valence-corrected chi connectivity index (χ4v) is 1.30. The molecule has 0 amide bonds. The second kappa shape index (κ2) is 6.48. The monoisotopic (exact) mass is 234 g/mol. The minimum absolute atomic E-state index is 0.328. The van der Waals surface area contributed by atoms with Gasteiger partial charge in [0.25, 0.3) is 0 Å². The van der Waals surface area contributed by atoms with Crippen molar-refractivity contribution in [1.82, 2.24) is 0 Å². The number of rotatable bonds is 5. The highest BCUT2D eigenvalue weighted by Crippen LogP contribution is 2.20. The number of benzene rings is 1. The molecule has 0 N–H and O–H groups in total. The first kappa shape index (κ1) is 13.0. The van der Waals surface area contributed by atoms with Gasteiger partial charge in [0, 0.05) is 17.2 Å². The molecule has 0 aliphatic carbocycles. The zero-order valence-electron chi connectivity index (χ0n) is 9.80. The SMILES string of the molecule is CCOC(=O)C=Cc1cc(C=O)ccc1OC. The van der Waals surface area contributed by atoms with E-state index in [1.165, 1.54) is 13.2 Å². The molecule has 0 unspecified atom stereocenters. The molecule has 0 saturated carbocycles. The van der Waals surface area contributed by atoms with Crippen molar-refractivity contribution in [3.05, 3.63) is 35.4 Å². The fourth-order valence-electron chi connectivity index (χ4n) is 1.30. The Labute approximate surface area is 99.8 Å². The van der Waals surface area contributed by atoms with Gasteiger partial charge in [-0.15, -0.1) is 0 Å². The molecule has 1 aromatic rings. The molecule has 4 nitrogen and oxygen atoms in total. The Morgan fingerprint density at radius 3 is 2.76 bits per heavy atom. The summed E-state index contributed by atoms with van der Waals surface area (Å²) in [6.45, 7) is 2.06. The first-order chi connectivity index (χ1) is 8.21. The summed E-state index contributed by atoms with van der Waals surface area (Å²) >= 11 is 0. The first-order valence-electron chi connectivity index (χ1n) is 5.19. The molecular weight excluding hydrogens is 220 g/mol. The third-order valence-electron chi connectivity index (χ3n) is 2.08. The first-order valence-corrected chi connectivity index (χ1v) is 5.19. The van der Waals surface area contributed by atoms with Gasteiger partial charge in [-0.05, 0) is 31.2 Å². The van der Waals surface area contributed by atoms with Gasteiger partial charge in [0.2, 0.25) is 0 Å². The number of hydrogen-bond donors (Lipinski definition) is 0. The van der Waals surface area contributed by atoms with Gasteiger partial charge in [0.1, 0.15) is 12.0 Å². The van der Waals surface area contributed by atoms with Crippen molar-refractivity contribution in [3.63, 3.8) is 0 Å². The molecule has 0 bridgehead atoms. The minimum Gasteiger partial charge on any atom is -0.496 e. The Morgan fingerprint density at radius 1 is 1.41 bits per heavy atom. The molecular formula is C13H14O4. The number of aldehydes is 1. The molecule has 0 heterocycles. The molecule has 0 saturated heterocycles. The summed E-state index contributed by atoms with van der Waals surface area (Å²) in [6.07, 6.45) is 3.60. The maximum Gasteiger partial charge on any atom is 0.330 e. The van der Waals surface area contributed by atoms with Crippen molar-refractivity contribution in [2.45, 2.75) is 6.92 Å². The smallest absolute Gasteiger partial charge is 0.330 e. The van der Waals surface area contributed by atoms with Crippen LogP contribution in [0.1, 0.15) is 22.8 Å².